The fraction of sp³-hybridized carbons (Fsp3) is 0.0638. The predicted octanol–water partition coefficient (Wildman–Crippen LogP) is 18.5. The number of rotatable bonds is 10. The largest absolute Gasteiger partial charge is 2.00 e. The molecule has 0 aromatic heterocycles. The van der Waals surface area contributed by atoms with Crippen molar-refractivity contribution in [2.75, 3.05) is 0 Å². The van der Waals surface area contributed by atoms with Gasteiger partial charge in [-0.2, -0.15) is 36.4 Å². The summed E-state index contributed by atoms with van der Waals surface area (Å²) in [4.78, 5) is 28.0. The first-order valence-corrected chi connectivity index (χ1v) is 32.6. The number of allylic oxidation sites excluding steroid dienone is 1. The third-order valence-corrected chi connectivity index (χ3v) is 19.1. The monoisotopic (exact) mass is 1340 g/mol. The van der Waals surface area contributed by atoms with E-state index in [9.17, 15) is 9.59 Å². The molecular formula is C94H73BrMgO2. The number of benzene rings is 14. The van der Waals surface area contributed by atoms with Crippen LogP contribution in [0.5, 0.6) is 0 Å². The molecule has 2 unspecified atom stereocenters. The molecular weight excluding hydrogens is 1270 g/mol. The van der Waals surface area contributed by atoms with Gasteiger partial charge in [-0.05, 0) is 94.6 Å². The quantitative estimate of drug-likeness (QED) is 0.101. The first-order chi connectivity index (χ1) is 47.1. The molecule has 0 bridgehead atoms. The molecule has 0 saturated carbocycles. The van der Waals surface area contributed by atoms with Gasteiger partial charge in [0.1, 0.15) is 5.41 Å². The van der Waals surface area contributed by atoms with E-state index in [1.165, 1.54) is 44.5 Å². The van der Waals surface area contributed by atoms with E-state index in [1.807, 2.05) is 146 Å². The molecule has 14 aromatic carbocycles. The zero-order valence-electron chi connectivity index (χ0n) is 53.7. The van der Waals surface area contributed by atoms with E-state index in [1.54, 1.807) is 0 Å². The maximum Gasteiger partial charge on any atom is 2.00 e. The third-order valence-electron chi connectivity index (χ3n) is 19.1. The van der Waals surface area contributed by atoms with E-state index in [0.717, 1.165) is 55.6 Å². The van der Waals surface area contributed by atoms with Crippen LogP contribution in [0.15, 0.2) is 406 Å². The van der Waals surface area contributed by atoms with Crippen LogP contribution in [0.2, 0.25) is 0 Å². The van der Waals surface area contributed by atoms with Gasteiger partial charge in [-0.25, -0.2) is 0 Å². The van der Waals surface area contributed by atoms with E-state index in [2.05, 4.69) is 267 Å². The van der Waals surface area contributed by atoms with Crippen molar-refractivity contribution in [3.63, 3.8) is 0 Å². The number of carbonyl (C=O) groups excluding carboxylic acids is 2. The van der Waals surface area contributed by atoms with Gasteiger partial charge < -0.3 is 17.0 Å². The molecule has 0 amide bonds. The molecule has 470 valence electrons. The molecule has 98 heavy (non-hydrogen) atoms. The summed E-state index contributed by atoms with van der Waals surface area (Å²) in [7, 11) is 0. The smallest absolute Gasteiger partial charge is 1.00 e. The third kappa shape index (κ3) is 12.5. The number of carbonyl (C=O) groups is 2. The summed E-state index contributed by atoms with van der Waals surface area (Å²) in [6, 6.07) is 143. The zero-order chi connectivity index (χ0) is 64.3. The molecule has 0 N–H and O–H groups in total. The predicted molar refractivity (Wildman–Crippen MR) is 401 cm³/mol. The van der Waals surface area contributed by atoms with E-state index >= 15 is 0 Å². The maximum atomic E-state index is 14.3. The molecule has 0 saturated heterocycles. The molecule has 17 rings (SSSR count). The van der Waals surface area contributed by atoms with E-state index in [0.29, 0.717) is 0 Å². The number of hydrogen-bond acceptors (Lipinski definition) is 2. The summed E-state index contributed by atoms with van der Waals surface area (Å²) < 4.78 is 0. The summed E-state index contributed by atoms with van der Waals surface area (Å²) in [5, 5.41) is 0. The van der Waals surface area contributed by atoms with Crippen LogP contribution in [0.4, 0.5) is 0 Å². The van der Waals surface area contributed by atoms with Crippen molar-refractivity contribution >= 4 is 45.8 Å². The van der Waals surface area contributed by atoms with Crippen LogP contribution < -0.4 is 17.0 Å². The van der Waals surface area contributed by atoms with Crippen LogP contribution >= 0.6 is 0 Å². The average Bonchev–Trinajstić information content (AvgIpc) is 1.51. The number of ketones is 2. The number of Topliss-reactive ketones (excluding diaryl/α,β-unsaturated/α-hetero) is 2. The van der Waals surface area contributed by atoms with Gasteiger partial charge in [0, 0.05) is 5.56 Å². The molecule has 0 radical (unpaired) electrons. The Morgan fingerprint density at radius 1 is 0.286 bits per heavy atom. The molecule has 0 aliphatic heterocycles. The Hall–Kier alpha value is -10.6. The van der Waals surface area contributed by atoms with Crippen molar-refractivity contribution in [2.45, 2.75) is 35.5 Å². The average molecular weight is 1340 g/mol. The second-order valence-corrected chi connectivity index (χ2v) is 24.2. The SMILES string of the molecule is C.O=C1C(c2ccccc2)c2ccccc2C1(c1ccccc1)c1ccccc1.O=C1c2ccccc2C(c2ccccc2)(c2ccccc2)C1c1ccccc1.[Br-].[Mg+2].[c-]1ccccc1.c1ccc(C2=C(c3ccccc3)C(c3ccccc3)(c3ccccc3)c3ccccc32)cc1. The first kappa shape index (κ1) is 68.8. The fourth-order valence-electron chi connectivity index (χ4n) is 15.3. The van der Waals surface area contributed by atoms with E-state index < -0.39 is 16.2 Å². The van der Waals surface area contributed by atoms with Gasteiger partial charge in [-0.3, -0.25) is 9.59 Å². The molecule has 0 spiro atoms. The Morgan fingerprint density at radius 3 is 1.04 bits per heavy atom. The van der Waals surface area contributed by atoms with Crippen molar-refractivity contribution in [1.82, 2.24) is 0 Å². The molecule has 0 heterocycles. The second-order valence-electron chi connectivity index (χ2n) is 24.2. The summed E-state index contributed by atoms with van der Waals surface area (Å²) in [6.45, 7) is 0. The summed E-state index contributed by atoms with van der Waals surface area (Å²) in [6.07, 6.45) is 0. The summed E-state index contributed by atoms with van der Waals surface area (Å²) in [5.41, 5.74) is 19.2. The van der Waals surface area contributed by atoms with Crippen LogP contribution in [0, 0.1) is 6.07 Å². The topological polar surface area (TPSA) is 34.1 Å². The molecule has 2 nitrogen and oxygen atoms in total. The standard InChI is InChI=1S/C33H24.2C27H20O.C6H5.CH4.BrH.Mg/c1-5-15-25(16-6-1)31-29-23-13-14-24-30(29)33(27-19-9-3-10-20-27,28-21-11-4-12-22-28)32(31)26-17-7-2-8-18-26;28-26-23-18-10-11-19-24(23)27(21-14-6-2-7-15-21,22-16-8-3-9-17-22)25(26)20-12-4-1-5-13-20;28-26-25(20-12-4-1-5-13-20)23-18-10-11-19-24(23)27(26,21-14-6-2-7-15-21)22-16-8-3-9-17-22;1-2-4-6-5-3-1;;;/h1-24H;2*1-19,25H;1-5H;1H4;1H;/q;;;-1;;;+2/p-1. The van der Waals surface area contributed by atoms with Crippen molar-refractivity contribution < 1.29 is 26.6 Å². The van der Waals surface area contributed by atoms with Gasteiger partial charge in [0.25, 0.3) is 0 Å². The van der Waals surface area contributed by atoms with Gasteiger partial charge in [0.2, 0.25) is 0 Å². The number of hydrogen-bond donors (Lipinski definition) is 0. The molecule has 14 aromatic rings. The Morgan fingerprint density at radius 2 is 0.612 bits per heavy atom. The Bertz CT molecular complexity index is 4740. The Kier molecular flexibility index (Phi) is 22.1. The molecule has 0 fully saturated rings. The molecule has 3 aliphatic rings. The van der Waals surface area contributed by atoms with Gasteiger partial charge in [0.05, 0.1) is 22.7 Å². The van der Waals surface area contributed by atoms with Crippen molar-refractivity contribution in [2.24, 2.45) is 0 Å². The van der Waals surface area contributed by atoms with Gasteiger partial charge >= 0.3 is 23.1 Å². The van der Waals surface area contributed by atoms with E-state index in [-0.39, 0.29) is 70.9 Å². The van der Waals surface area contributed by atoms with Gasteiger partial charge in [0.15, 0.2) is 11.6 Å². The minimum absolute atomic E-state index is 0. The number of fused-ring (bicyclic) bond motifs is 3. The number of halogens is 1. The van der Waals surface area contributed by atoms with Gasteiger partial charge in [-0.1, -0.05) is 384 Å². The first-order valence-electron chi connectivity index (χ1n) is 32.6. The van der Waals surface area contributed by atoms with Crippen molar-refractivity contribution in [3.8, 4) is 0 Å². The maximum absolute atomic E-state index is 14.3. The minimum Gasteiger partial charge on any atom is -1.00 e. The summed E-state index contributed by atoms with van der Waals surface area (Å²) in [5.74, 6) is -0.152. The van der Waals surface area contributed by atoms with Crippen molar-refractivity contribution in [1.29, 1.82) is 0 Å². The van der Waals surface area contributed by atoms with Crippen LogP contribution in [-0.4, -0.2) is 34.6 Å². The van der Waals surface area contributed by atoms with Crippen LogP contribution in [0.3, 0.4) is 0 Å². The second kappa shape index (κ2) is 31.5. The van der Waals surface area contributed by atoms with E-state index in [4.69, 9.17) is 0 Å². The normalized spacial score (nSPS) is 15.1. The Labute approximate surface area is 604 Å². The zero-order valence-corrected chi connectivity index (χ0v) is 56.7. The van der Waals surface area contributed by atoms with Crippen LogP contribution in [0.25, 0.3) is 11.1 Å². The summed E-state index contributed by atoms with van der Waals surface area (Å²) >= 11 is 0. The fourth-order valence-corrected chi connectivity index (χ4v) is 15.3. The van der Waals surface area contributed by atoms with Gasteiger partial charge in [-0.15, -0.1) is 0 Å². The van der Waals surface area contributed by atoms with Crippen LogP contribution in [-0.2, 0) is 21.0 Å². The van der Waals surface area contributed by atoms with Crippen molar-refractivity contribution in [3.05, 3.63) is 502 Å². The molecule has 4 heteroatoms. The molecule has 3 aliphatic carbocycles. The minimum atomic E-state index is -0.792. The Balaban J connectivity index is 0.000000141. The molecule has 2 atom stereocenters. The van der Waals surface area contributed by atoms with Crippen LogP contribution in [0.1, 0.15) is 113 Å².